The van der Waals surface area contributed by atoms with Crippen LogP contribution in [0.3, 0.4) is 0 Å². The maximum absolute atomic E-state index is 12.6. The van der Waals surface area contributed by atoms with Crippen LogP contribution >= 0.6 is 0 Å². The number of rotatable bonds is 9. The van der Waals surface area contributed by atoms with Crippen molar-refractivity contribution < 1.29 is 19.2 Å². The van der Waals surface area contributed by atoms with Crippen molar-refractivity contribution in [2.75, 3.05) is 33.7 Å². The third-order valence-electron chi connectivity index (χ3n) is 4.35. The Bertz CT molecular complexity index is 417. The van der Waals surface area contributed by atoms with E-state index in [-0.39, 0.29) is 29.1 Å². The zero-order valence-corrected chi connectivity index (χ0v) is 17.0. The minimum Gasteiger partial charge on any atom is -0.481 e. The van der Waals surface area contributed by atoms with Crippen LogP contribution in [0.15, 0.2) is 0 Å². The summed E-state index contributed by atoms with van der Waals surface area (Å²) in [5, 5.41) is 11.9. The highest BCUT2D eigenvalue weighted by Gasteiger charge is 2.34. The molecule has 24 heavy (non-hydrogen) atoms. The number of carbonyl (C=O) groups is 2. The SMILES string of the molecule is CC(C)(C)CC(C(=O)NCCC[N+](C)(C)CCC(=O)O)C(C)(C)C. The van der Waals surface area contributed by atoms with Crippen molar-refractivity contribution in [2.45, 2.75) is 60.8 Å². The van der Waals surface area contributed by atoms with Crippen LogP contribution in [0.25, 0.3) is 0 Å². The first kappa shape index (κ1) is 22.9. The van der Waals surface area contributed by atoms with Gasteiger partial charge in [0.15, 0.2) is 0 Å². The van der Waals surface area contributed by atoms with Crippen molar-refractivity contribution in [2.24, 2.45) is 16.7 Å². The predicted molar refractivity (Wildman–Crippen MR) is 98.7 cm³/mol. The summed E-state index contributed by atoms with van der Waals surface area (Å²) < 4.78 is 0.660. The van der Waals surface area contributed by atoms with Gasteiger partial charge in [0.1, 0.15) is 0 Å². The van der Waals surface area contributed by atoms with E-state index in [9.17, 15) is 9.59 Å². The zero-order valence-electron chi connectivity index (χ0n) is 17.0. The molecule has 1 amide bonds. The number of carbonyl (C=O) groups excluding carboxylic acids is 1. The summed E-state index contributed by atoms with van der Waals surface area (Å²) in [6.07, 6.45) is 1.89. The Labute approximate surface area is 148 Å². The average Bonchev–Trinajstić information content (AvgIpc) is 2.36. The molecule has 0 fully saturated rings. The molecule has 0 heterocycles. The van der Waals surface area contributed by atoms with Crippen LogP contribution in [0, 0.1) is 16.7 Å². The van der Waals surface area contributed by atoms with E-state index in [1.165, 1.54) is 0 Å². The molecule has 5 heteroatoms. The number of hydrogen-bond acceptors (Lipinski definition) is 2. The molecule has 1 atom stereocenters. The van der Waals surface area contributed by atoms with Crippen molar-refractivity contribution >= 4 is 11.9 Å². The lowest BCUT2D eigenvalue weighted by Crippen LogP contribution is -2.44. The lowest BCUT2D eigenvalue weighted by molar-refractivity contribution is -0.889. The minimum absolute atomic E-state index is 0.00740. The molecular formula is C19H39N2O3+. The van der Waals surface area contributed by atoms with Gasteiger partial charge in [-0.1, -0.05) is 41.5 Å². The molecule has 2 N–H and O–H groups in total. The van der Waals surface area contributed by atoms with E-state index in [0.29, 0.717) is 17.6 Å². The lowest BCUT2D eigenvalue weighted by Gasteiger charge is -2.34. The molecular weight excluding hydrogens is 304 g/mol. The highest BCUT2D eigenvalue weighted by atomic mass is 16.4. The van der Waals surface area contributed by atoms with Gasteiger partial charge < -0.3 is 14.9 Å². The second-order valence-electron chi connectivity index (χ2n) is 9.85. The quantitative estimate of drug-likeness (QED) is 0.499. The Balaban J connectivity index is 4.42. The maximum Gasteiger partial charge on any atom is 0.309 e. The van der Waals surface area contributed by atoms with E-state index in [2.05, 4.69) is 46.9 Å². The summed E-state index contributed by atoms with van der Waals surface area (Å²) in [4.78, 5) is 23.3. The fourth-order valence-corrected chi connectivity index (χ4v) is 2.76. The van der Waals surface area contributed by atoms with Gasteiger partial charge in [0, 0.05) is 18.9 Å². The van der Waals surface area contributed by atoms with Gasteiger partial charge in [0.25, 0.3) is 0 Å². The molecule has 0 spiro atoms. The molecule has 0 radical (unpaired) electrons. The van der Waals surface area contributed by atoms with Gasteiger partial charge in [-0.05, 0) is 17.3 Å². The predicted octanol–water partition coefficient (Wildman–Crippen LogP) is 3.14. The first-order valence-electron chi connectivity index (χ1n) is 8.95. The summed E-state index contributed by atoms with van der Waals surface area (Å²) in [5.41, 5.74) is 0.0547. The Kier molecular flexibility index (Phi) is 8.43. The highest BCUT2D eigenvalue weighted by molar-refractivity contribution is 5.79. The summed E-state index contributed by atoms with van der Waals surface area (Å²) in [5.74, 6) is -0.634. The first-order valence-corrected chi connectivity index (χ1v) is 8.95. The molecule has 5 nitrogen and oxygen atoms in total. The topological polar surface area (TPSA) is 66.4 Å². The standard InChI is InChI=1S/C19H38N2O3/c1-18(2,3)14-15(19(4,5)6)17(24)20-11-9-12-21(7,8)13-10-16(22)23/h15H,9-14H2,1-8H3,(H-,20,22,23,24)/p+1. The molecule has 0 saturated heterocycles. The second kappa shape index (κ2) is 8.84. The molecule has 0 bridgehead atoms. The largest absolute Gasteiger partial charge is 0.481 e. The Morgan fingerprint density at radius 1 is 1.04 bits per heavy atom. The zero-order chi connectivity index (χ0) is 19.2. The maximum atomic E-state index is 12.6. The number of carboxylic acid groups (broad SMARTS) is 1. The normalized spacial score (nSPS) is 14.3. The molecule has 0 aromatic rings. The molecule has 0 aromatic carbocycles. The van der Waals surface area contributed by atoms with Crippen molar-refractivity contribution in [1.29, 1.82) is 0 Å². The highest BCUT2D eigenvalue weighted by Crippen LogP contribution is 2.36. The number of aliphatic carboxylic acids is 1. The van der Waals surface area contributed by atoms with Crippen LogP contribution < -0.4 is 5.32 Å². The van der Waals surface area contributed by atoms with E-state index in [4.69, 9.17) is 5.11 Å². The molecule has 0 aliphatic heterocycles. The summed E-state index contributed by atoms with van der Waals surface area (Å²) in [7, 11) is 4.06. The van der Waals surface area contributed by atoms with Crippen LogP contribution in [-0.4, -0.2) is 55.2 Å². The van der Waals surface area contributed by atoms with Gasteiger partial charge >= 0.3 is 5.97 Å². The number of hydrogen-bond donors (Lipinski definition) is 2. The van der Waals surface area contributed by atoms with Crippen molar-refractivity contribution in [3.63, 3.8) is 0 Å². The smallest absolute Gasteiger partial charge is 0.309 e. The number of amides is 1. The average molecular weight is 344 g/mol. The third kappa shape index (κ3) is 10.6. The van der Waals surface area contributed by atoms with Gasteiger partial charge in [-0.2, -0.15) is 0 Å². The third-order valence-corrected chi connectivity index (χ3v) is 4.35. The fraction of sp³-hybridized carbons (Fsp3) is 0.895. The van der Waals surface area contributed by atoms with Gasteiger partial charge in [0.2, 0.25) is 5.91 Å². The summed E-state index contributed by atoms with van der Waals surface area (Å²) in [6, 6.07) is 0. The number of quaternary nitrogens is 1. The fourth-order valence-electron chi connectivity index (χ4n) is 2.76. The lowest BCUT2D eigenvalue weighted by atomic mass is 9.71. The van der Waals surface area contributed by atoms with Crippen LogP contribution in [-0.2, 0) is 9.59 Å². The minimum atomic E-state index is -0.760. The molecule has 0 rings (SSSR count). The van der Waals surface area contributed by atoms with E-state index in [1.54, 1.807) is 0 Å². The summed E-state index contributed by atoms with van der Waals surface area (Å²) >= 11 is 0. The molecule has 1 unspecified atom stereocenters. The Hall–Kier alpha value is -1.10. The first-order chi connectivity index (χ1) is 10.6. The monoisotopic (exact) mass is 343 g/mol. The number of nitrogens with zero attached hydrogens (tertiary/aromatic N) is 1. The van der Waals surface area contributed by atoms with E-state index < -0.39 is 5.97 Å². The number of carboxylic acids is 1. The van der Waals surface area contributed by atoms with Gasteiger partial charge in [-0.3, -0.25) is 9.59 Å². The Morgan fingerprint density at radius 3 is 2.00 bits per heavy atom. The van der Waals surface area contributed by atoms with Gasteiger partial charge in [-0.25, -0.2) is 0 Å². The molecule has 0 aliphatic rings. The van der Waals surface area contributed by atoms with Crippen LogP contribution in [0.5, 0.6) is 0 Å². The second-order valence-corrected chi connectivity index (χ2v) is 9.85. The van der Waals surface area contributed by atoms with Crippen molar-refractivity contribution in [3.05, 3.63) is 0 Å². The van der Waals surface area contributed by atoms with Crippen molar-refractivity contribution in [3.8, 4) is 0 Å². The molecule has 142 valence electrons. The van der Waals surface area contributed by atoms with Crippen LogP contribution in [0.1, 0.15) is 60.8 Å². The van der Waals surface area contributed by atoms with Gasteiger partial charge in [0.05, 0.1) is 33.6 Å². The van der Waals surface area contributed by atoms with E-state index in [0.717, 1.165) is 19.4 Å². The van der Waals surface area contributed by atoms with Crippen LogP contribution in [0.2, 0.25) is 0 Å². The number of nitrogens with one attached hydrogen (secondary N) is 1. The van der Waals surface area contributed by atoms with Crippen LogP contribution in [0.4, 0.5) is 0 Å². The summed E-state index contributed by atoms with van der Waals surface area (Å²) in [6.45, 7) is 15.0. The van der Waals surface area contributed by atoms with Gasteiger partial charge in [-0.15, -0.1) is 0 Å². The van der Waals surface area contributed by atoms with Crippen molar-refractivity contribution in [1.82, 2.24) is 5.32 Å². The molecule has 0 aliphatic carbocycles. The Morgan fingerprint density at radius 2 is 1.58 bits per heavy atom. The molecule has 0 saturated carbocycles. The van der Waals surface area contributed by atoms with E-state index in [1.807, 2.05) is 14.1 Å². The van der Waals surface area contributed by atoms with E-state index >= 15 is 0 Å². The molecule has 0 aromatic heterocycles.